The lowest BCUT2D eigenvalue weighted by Gasteiger charge is -1.94. The van der Waals surface area contributed by atoms with Crippen molar-refractivity contribution in [2.24, 2.45) is 4.99 Å². The molecule has 0 saturated carbocycles. The Balaban J connectivity index is 3.05. The fourth-order valence-electron chi connectivity index (χ4n) is 0.869. The minimum atomic E-state index is -0.270. The highest BCUT2D eigenvalue weighted by Gasteiger charge is 1.99. The third kappa shape index (κ3) is 1.74. The third-order valence-corrected chi connectivity index (χ3v) is 1.41. The molecular weight excluding hydrogens is 138 g/mol. The standard InChI is InChI=1S/C9H9NO/c1-7-4-3-5-8(6-7)9(11)10-2/h3-6H,2H2,1H3. The zero-order chi connectivity index (χ0) is 8.27. The van der Waals surface area contributed by atoms with Gasteiger partial charge in [0.1, 0.15) is 0 Å². The van der Waals surface area contributed by atoms with Crippen molar-refractivity contribution in [1.29, 1.82) is 0 Å². The van der Waals surface area contributed by atoms with Gasteiger partial charge in [-0.15, -0.1) is 0 Å². The van der Waals surface area contributed by atoms with Crippen LogP contribution in [0.25, 0.3) is 0 Å². The summed E-state index contributed by atoms with van der Waals surface area (Å²) in [7, 11) is 0. The van der Waals surface area contributed by atoms with Gasteiger partial charge in [-0.3, -0.25) is 4.79 Å². The predicted molar refractivity (Wildman–Crippen MR) is 45.1 cm³/mol. The second-order valence-corrected chi connectivity index (χ2v) is 2.33. The van der Waals surface area contributed by atoms with Crippen LogP contribution in [0.15, 0.2) is 29.3 Å². The Morgan fingerprint density at radius 2 is 2.27 bits per heavy atom. The molecule has 56 valence electrons. The first-order valence-electron chi connectivity index (χ1n) is 3.32. The Labute approximate surface area is 65.6 Å². The average Bonchev–Trinajstić information content (AvgIpc) is 2.03. The van der Waals surface area contributed by atoms with E-state index in [-0.39, 0.29) is 5.91 Å². The van der Waals surface area contributed by atoms with Crippen LogP contribution in [-0.4, -0.2) is 12.6 Å². The second kappa shape index (κ2) is 3.10. The van der Waals surface area contributed by atoms with Crippen molar-refractivity contribution in [1.82, 2.24) is 0 Å². The summed E-state index contributed by atoms with van der Waals surface area (Å²) in [6, 6.07) is 7.27. The van der Waals surface area contributed by atoms with Crippen LogP contribution in [0.2, 0.25) is 0 Å². The Hall–Kier alpha value is -1.44. The van der Waals surface area contributed by atoms with Crippen LogP contribution in [0, 0.1) is 6.92 Å². The molecule has 0 radical (unpaired) electrons. The lowest BCUT2D eigenvalue weighted by molar-refractivity contribution is 0.100. The van der Waals surface area contributed by atoms with E-state index >= 15 is 0 Å². The van der Waals surface area contributed by atoms with Crippen molar-refractivity contribution in [3.05, 3.63) is 35.4 Å². The van der Waals surface area contributed by atoms with Crippen LogP contribution < -0.4 is 0 Å². The van der Waals surface area contributed by atoms with Crippen molar-refractivity contribution in [2.75, 3.05) is 0 Å². The first-order chi connectivity index (χ1) is 5.24. The number of rotatable bonds is 1. The van der Waals surface area contributed by atoms with E-state index in [0.717, 1.165) is 5.56 Å². The van der Waals surface area contributed by atoms with Gasteiger partial charge in [0.15, 0.2) is 0 Å². The van der Waals surface area contributed by atoms with Gasteiger partial charge in [-0.05, 0) is 25.8 Å². The van der Waals surface area contributed by atoms with Gasteiger partial charge in [0, 0.05) is 5.56 Å². The highest BCUT2D eigenvalue weighted by molar-refractivity contribution is 5.97. The Morgan fingerprint density at radius 3 is 2.82 bits per heavy atom. The molecule has 1 aromatic carbocycles. The summed E-state index contributed by atoms with van der Waals surface area (Å²) in [6.07, 6.45) is 0. The maximum atomic E-state index is 10.9. The molecule has 11 heavy (non-hydrogen) atoms. The van der Waals surface area contributed by atoms with Gasteiger partial charge in [0.25, 0.3) is 5.91 Å². The molecule has 1 aromatic rings. The molecule has 0 aliphatic carbocycles. The lowest BCUT2D eigenvalue weighted by Crippen LogP contribution is -1.93. The van der Waals surface area contributed by atoms with E-state index in [1.54, 1.807) is 12.1 Å². The van der Waals surface area contributed by atoms with Crippen molar-refractivity contribution >= 4 is 12.6 Å². The first-order valence-corrected chi connectivity index (χ1v) is 3.32. The van der Waals surface area contributed by atoms with Crippen LogP contribution >= 0.6 is 0 Å². The fourth-order valence-corrected chi connectivity index (χ4v) is 0.869. The molecule has 0 aliphatic heterocycles. The SMILES string of the molecule is C=NC(=O)c1cccc(C)c1. The quantitative estimate of drug-likeness (QED) is 0.557. The summed E-state index contributed by atoms with van der Waals surface area (Å²) in [5, 5.41) is 0. The van der Waals surface area contributed by atoms with Crippen molar-refractivity contribution in [3.63, 3.8) is 0 Å². The molecular formula is C9H9NO. The summed E-state index contributed by atoms with van der Waals surface area (Å²) in [4.78, 5) is 14.2. The van der Waals surface area contributed by atoms with E-state index in [9.17, 15) is 4.79 Å². The molecule has 0 atom stereocenters. The highest BCUT2D eigenvalue weighted by atomic mass is 16.1. The van der Waals surface area contributed by atoms with E-state index in [4.69, 9.17) is 0 Å². The summed E-state index contributed by atoms with van der Waals surface area (Å²) >= 11 is 0. The number of carbonyl (C=O) groups is 1. The largest absolute Gasteiger partial charge is 0.276 e. The van der Waals surface area contributed by atoms with Crippen LogP contribution in [0.3, 0.4) is 0 Å². The van der Waals surface area contributed by atoms with Gasteiger partial charge in [0.05, 0.1) is 0 Å². The molecule has 0 heterocycles. The summed E-state index contributed by atoms with van der Waals surface area (Å²) < 4.78 is 0. The van der Waals surface area contributed by atoms with Crippen LogP contribution in [-0.2, 0) is 0 Å². The number of carbonyl (C=O) groups excluding carboxylic acids is 1. The molecule has 0 spiro atoms. The molecule has 1 rings (SSSR count). The normalized spacial score (nSPS) is 9.18. The monoisotopic (exact) mass is 147 g/mol. The molecule has 0 saturated heterocycles. The number of nitrogens with zero attached hydrogens (tertiary/aromatic N) is 1. The van der Waals surface area contributed by atoms with Gasteiger partial charge >= 0.3 is 0 Å². The minimum absolute atomic E-state index is 0.270. The van der Waals surface area contributed by atoms with Gasteiger partial charge in [-0.25, -0.2) is 4.99 Å². The Bertz CT molecular complexity index is 291. The molecule has 2 heteroatoms. The van der Waals surface area contributed by atoms with Gasteiger partial charge < -0.3 is 0 Å². The number of benzene rings is 1. The lowest BCUT2D eigenvalue weighted by atomic mass is 10.1. The molecule has 2 nitrogen and oxygen atoms in total. The Morgan fingerprint density at radius 1 is 1.55 bits per heavy atom. The molecule has 0 aromatic heterocycles. The molecule has 0 bridgehead atoms. The van der Waals surface area contributed by atoms with Crippen molar-refractivity contribution < 1.29 is 4.79 Å². The van der Waals surface area contributed by atoms with Crippen LogP contribution in [0.5, 0.6) is 0 Å². The summed E-state index contributed by atoms with van der Waals surface area (Å²) in [5.41, 5.74) is 1.65. The number of hydrogen-bond acceptors (Lipinski definition) is 1. The van der Waals surface area contributed by atoms with Crippen LogP contribution in [0.1, 0.15) is 15.9 Å². The average molecular weight is 147 g/mol. The first kappa shape index (κ1) is 7.66. The summed E-state index contributed by atoms with van der Waals surface area (Å²) in [6.45, 7) is 5.10. The summed E-state index contributed by atoms with van der Waals surface area (Å²) in [5.74, 6) is -0.270. The van der Waals surface area contributed by atoms with Gasteiger partial charge in [0.2, 0.25) is 0 Å². The smallest absolute Gasteiger partial charge is 0.267 e. The van der Waals surface area contributed by atoms with E-state index in [0.29, 0.717) is 5.56 Å². The van der Waals surface area contributed by atoms with Crippen LogP contribution in [0.4, 0.5) is 0 Å². The molecule has 0 aliphatic rings. The Kier molecular flexibility index (Phi) is 2.16. The topological polar surface area (TPSA) is 29.4 Å². The third-order valence-electron chi connectivity index (χ3n) is 1.41. The molecule has 0 fully saturated rings. The maximum Gasteiger partial charge on any atom is 0.276 e. The number of hydrogen-bond donors (Lipinski definition) is 0. The zero-order valence-corrected chi connectivity index (χ0v) is 6.37. The fraction of sp³-hybridized carbons (Fsp3) is 0.111. The van der Waals surface area contributed by atoms with E-state index in [1.165, 1.54) is 0 Å². The highest BCUT2D eigenvalue weighted by Crippen LogP contribution is 2.04. The molecule has 1 amide bonds. The van der Waals surface area contributed by atoms with E-state index in [1.807, 2.05) is 19.1 Å². The van der Waals surface area contributed by atoms with E-state index < -0.39 is 0 Å². The van der Waals surface area contributed by atoms with Gasteiger partial charge in [-0.1, -0.05) is 17.7 Å². The second-order valence-electron chi connectivity index (χ2n) is 2.33. The molecule has 0 unspecified atom stereocenters. The predicted octanol–water partition coefficient (Wildman–Crippen LogP) is 1.84. The minimum Gasteiger partial charge on any atom is -0.267 e. The van der Waals surface area contributed by atoms with E-state index in [2.05, 4.69) is 11.7 Å². The number of aliphatic imine (C=N–C) groups is 1. The molecule has 0 N–H and O–H groups in total. The van der Waals surface area contributed by atoms with Gasteiger partial charge in [-0.2, -0.15) is 0 Å². The number of amides is 1. The maximum absolute atomic E-state index is 10.9. The number of aryl methyl sites for hydroxylation is 1. The van der Waals surface area contributed by atoms with Crippen molar-refractivity contribution in [3.8, 4) is 0 Å². The van der Waals surface area contributed by atoms with Crippen molar-refractivity contribution in [2.45, 2.75) is 6.92 Å². The zero-order valence-electron chi connectivity index (χ0n) is 6.37.